The maximum Gasteiger partial charge on any atom is 0.173 e. The first-order valence-corrected chi connectivity index (χ1v) is 10.0. The summed E-state index contributed by atoms with van der Waals surface area (Å²) >= 11 is 0. The molecule has 1 aromatic carbocycles. The van der Waals surface area contributed by atoms with Crippen molar-refractivity contribution >= 4 is 0 Å². The second-order valence-electron chi connectivity index (χ2n) is 8.27. The van der Waals surface area contributed by atoms with Crippen molar-refractivity contribution in [1.82, 2.24) is 30.1 Å². The van der Waals surface area contributed by atoms with Crippen LogP contribution in [0.3, 0.4) is 0 Å². The van der Waals surface area contributed by atoms with Crippen LogP contribution >= 0.6 is 0 Å². The minimum absolute atomic E-state index is 0.174. The number of benzene rings is 1. The molecule has 4 aromatic rings. The fourth-order valence-corrected chi connectivity index (χ4v) is 3.57. The molecule has 0 unspecified atom stereocenters. The van der Waals surface area contributed by atoms with Crippen LogP contribution in [0.2, 0.25) is 0 Å². The second kappa shape index (κ2) is 8.59. The number of furan rings is 1. The largest absolute Gasteiger partial charge is 0.468 e. The van der Waals surface area contributed by atoms with Gasteiger partial charge in [0.15, 0.2) is 5.82 Å². The van der Waals surface area contributed by atoms with Crippen molar-refractivity contribution in [2.75, 3.05) is 0 Å². The van der Waals surface area contributed by atoms with Crippen LogP contribution in [0.15, 0.2) is 77.7 Å². The van der Waals surface area contributed by atoms with E-state index in [1.165, 1.54) is 5.56 Å². The van der Waals surface area contributed by atoms with Crippen LogP contribution < -0.4 is 0 Å². The number of hydrogen-bond acceptors (Lipinski definition) is 6. The molecular weight excluding hydrogens is 376 g/mol. The van der Waals surface area contributed by atoms with Crippen molar-refractivity contribution in [2.24, 2.45) is 0 Å². The zero-order valence-electron chi connectivity index (χ0n) is 17.5. The Morgan fingerprint density at radius 1 is 0.967 bits per heavy atom. The van der Waals surface area contributed by atoms with Gasteiger partial charge in [0.1, 0.15) is 5.76 Å². The van der Waals surface area contributed by atoms with Gasteiger partial charge in [-0.05, 0) is 66.6 Å². The average molecular weight is 403 g/mol. The van der Waals surface area contributed by atoms with E-state index in [1.54, 1.807) is 18.7 Å². The van der Waals surface area contributed by atoms with Gasteiger partial charge >= 0.3 is 0 Å². The standard InChI is InChI=1S/C23H26N6O/c1-23(2,3)29-22(25-26-27-29)21(19-11-13-24-14-12-19)28(17-20-10-7-15-30-20)16-18-8-5-4-6-9-18/h4-15,21H,16-17H2,1-3H3/t21-/m0/s1. The number of pyridine rings is 1. The van der Waals surface area contributed by atoms with Gasteiger partial charge in [-0.3, -0.25) is 9.88 Å². The van der Waals surface area contributed by atoms with Crippen LogP contribution in [-0.4, -0.2) is 30.1 Å². The summed E-state index contributed by atoms with van der Waals surface area (Å²) in [6.07, 6.45) is 5.32. The lowest BCUT2D eigenvalue weighted by molar-refractivity contribution is 0.172. The Kier molecular flexibility index (Phi) is 5.72. The topological polar surface area (TPSA) is 72.9 Å². The van der Waals surface area contributed by atoms with Gasteiger partial charge in [0.25, 0.3) is 0 Å². The number of tetrazole rings is 1. The predicted octanol–water partition coefficient (Wildman–Crippen LogP) is 4.21. The van der Waals surface area contributed by atoms with Crippen molar-refractivity contribution in [3.8, 4) is 0 Å². The summed E-state index contributed by atoms with van der Waals surface area (Å²) in [5.74, 6) is 1.68. The molecule has 0 fully saturated rings. The molecule has 0 saturated carbocycles. The van der Waals surface area contributed by atoms with E-state index in [-0.39, 0.29) is 11.6 Å². The van der Waals surface area contributed by atoms with Gasteiger partial charge in [-0.15, -0.1) is 5.10 Å². The lowest BCUT2D eigenvalue weighted by atomic mass is 10.0. The molecule has 0 aliphatic heterocycles. The molecule has 0 radical (unpaired) electrons. The quantitative estimate of drug-likeness (QED) is 0.461. The predicted molar refractivity (Wildman–Crippen MR) is 113 cm³/mol. The first-order chi connectivity index (χ1) is 14.5. The van der Waals surface area contributed by atoms with Gasteiger partial charge in [-0.1, -0.05) is 30.3 Å². The van der Waals surface area contributed by atoms with E-state index < -0.39 is 0 Å². The highest BCUT2D eigenvalue weighted by molar-refractivity contribution is 5.24. The van der Waals surface area contributed by atoms with E-state index in [2.05, 4.69) is 70.4 Å². The highest BCUT2D eigenvalue weighted by atomic mass is 16.3. The van der Waals surface area contributed by atoms with Crippen molar-refractivity contribution in [3.05, 3.63) is 96.0 Å². The van der Waals surface area contributed by atoms with Crippen molar-refractivity contribution in [1.29, 1.82) is 0 Å². The summed E-state index contributed by atoms with van der Waals surface area (Å²) in [7, 11) is 0. The smallest absolute Gasteiger partial charge is 0.173 e. The van der Waals surface area contributed by atoms with Gasteiger partial charge in [0.2, 0.25) is 0 Å². The normalized spacial score (nSPS) is 12.9. The number of nitrogens with zero attached hydrogens (tertiary/aromatic N) is 6. The second-order valence-corrected chi connectivity index (χ2v) is 8.27. The summed E-state index contributed by atoms with van der Waals surface area (Å²) in [5.41, 5.74) is 2.03. The van der Waals surface area contributed by atoms with Crippen LogP contribution in [0.1, 0.15) is 49.5 Å². The van der Waals surface area contributed by atoms with E-state index in [0.29, 0.717) is 13.1 Å². The molecule has 0 aliphatic rings. The summed E-state index contributed by atoms with van der Waals surface area (Å²) in [6, 6.07) is 18.2. The molecule has 3 aromatic heterocycles. The zero-order chi connectivity index (χ0) is 21.0. The lowest BCUT2D eigenvalue weighted by Crippen LogP contribution is -2.34. The molecule has 0 N–H and O–H groups in total. The van der Waals surface area contributed by atoms with Crippen molar-refractivity contribution in [3.63, 3.8) is 0 Å². The fraction of sp³-hybridized carbons (Fsp3) is 0.304. The highest BCUT2D eigenvalue weighted by Gasteiger charge is 2.32. The summed E-state index contributed by atoms with van der Waals surface area (Å²) in [4.78, 5) is 6.53. The fourth-order valence-electron chi connectivity index (χ4n) is 3.57. The maximum atomic E-state index is 5.69. The van der Waals surface area contributed by atoms with E-state index in [9.17, 15) is 0 Å². The number of aromatic nitrogens is 5. The molecule has 0 bridgehead atoms. The first-order valence-electron chi connectivity index (χ1n) is 10.0. The molecule has 0 aliphatic carbocycles. The average Bonchev–Trinajstić information content (AvgIpc) is 3.42. The third kappa shape index (κ3) is 4.46. The monoisotopic (exact) mass is 402 g/mol. The molecular formula is C23H26N6O. The molecule has 154 valence electrons. The summed E-state index contributed by atoms with van der Waals surface area (Å²) in [6.45, 7) is 7.64. The molecule has 30 heavy (non-hydrogen) atoms. The van der Waals surface area contributed by atoms with Crippen molar-refractivity contribution in [2.45, 2.75) is 45.4 Å². The molecule has 1 atom stereocenters. The lowest BCUT2D eigenvalue weighted by Gasteiger charge is -2.32. The third-order valence-electron chi connectivity index (χ3n) is 4.93. The Labute approximate surface area is 176 Å². The number of hydrogen-bond donors (Lipinski definition) is 0. The van der Waals surface area contributed by atoms with Gasteiger partial charge in [0, 0.05) is 18.9 Å². The minimum Gasteiger partial charge on any atom is -0.468 e. The molecule has 3 heterocycles. The Morgan fingerprint density at radius 2 is 1.73 bits per heavy atom. The Bertz CT molecular complexity index is 1040. The molecule has 0 spiro atoms. The molecule has 0 amide bonds. The molecule has 4 rings (SSSR count). The maximum absolute atomic E-state index is 5.69. The molecule has 7 heteroatoms. The van der Waals surface area contributed by atoms with Crippen LogP contribution in [0.25, 0.3) is 0 Å². The van der Waals surface area contributed by atoms with Crippen molar-refractivity contribution < 1.29 is 4.42 Å². The SMILES string of the molecule is CC(C)(C)n1nnnc1[C@H](c1ccncc1)N(Cc1ccccc1)Cc1ccco1. The van der Waals surface area contributed by atoms with Gasteiger partial charge < -0.3 is 4.42 Å². The Hall–Kier alpha value is -3.32. The Morgan fingerprint density at radius 3 is 2.40 bits per heavy atom. The first kappa shape index (κ1) is 20.0. The molecule has 0 saturated heterocycles. The summed E-state index contributed by atoms with van der Waals surface area (Å²) < 4.78 is 7.59. The van der Waals surface area contributed by atoms with E-state index in [4.69, 9.17) is 4.42 Å². The van der Waals surface area contributed by atoms with Gasteiger partial charge in [-0.25, -0.2) is 4.68 Å². The number of rotatable bonds is 7. The van der Waals surface area contributed by atoms with Crippen LogP contribution in [0, 0.1) is 0 Å². The van der Waals surface area contributed by atoms with Crippen LogP contribution in [0.4, 0.5) is 0 Å². The molecule has 7 nitrogen and oxygen atoms in total. The zero-order valence-corrected chi connectivity index (χ0v) is 17.5. The van der Waals surface area contributed by atoms with E-state index in [1.807, 2.05) is 35.0 Å². The van der Waals surface area contributed by atoms with Gasteiger partial charge in [-0.2, -0.15) is 0 Å². The summed E-state index contributed by atoms with van der Waals surface area (Å²) in [5, 5.41) is 12.8. The highest BCUT2D eigenvalue weighted by Crippen LogP contribution is 2.32. The van der Waals surface area contributed by atoms with Gasteiger partial charge in [0.05, 0.1) is 24.4 Å². The third-order valence-corrected chi connectivity index (χ3v) is 4.93. The van der Waals surface area contributed by atoms with E-state index >= 15 is 0 Å². The van der Waals surface area contributed by atoms with E-state index in [0.717, 1.165) is 17.1 Å². The minimum atomic E-state index is -0.257. The van der Waals surface area contributed by atoms with Crippen LogP contribution in [0.5, 0.6) is 0 Å². The van der Waals surface area contributed by atoms with Crippen LogP contribution in [-0.2, 0) is 18.6 Å². The Balaban J connectivity index is 1.82.